The third-order valence-corrected chi connectivity index (χ3v) is 1.31. The third kappa shape index (κ3) is 14.7. The molecule has 0 heterocycles. The maximum absolute atomic E-state index is 10.4. The summed E-state index contributed by atoms with van der Waals surface area (Å²) in [5.74, 6) is -1.85. The van der Waals surface area contributed by atoms with Gasteiger partial charge in [0.2, 0.25) is 11.6 Å². The SMILES string of the molecule is O.O.O.O.O.O.O.O.O=C1CCCC(=O)C1=O. The van der Waals surface area contributed by atoms with Crippen LogP contribution in [0.25, 0.3) is 0 Å². The largest absolute Gasteiger partial charge is 0.412 e. The van der Waals surface area contributed by atoms with E-state index < -0.39 is 17.3 Å². The van der Waals surface area contributed by atoms with Gasteiger partial charge in [-0.1, -0.05) is 0 Å². The van der Waals surface area contributed by atoms with Crippen molar-refractivity contribution in [1.29, 1.82) is 0 Å². The zero-order valence-electron chi connectivity index (χ0n) is 8.85. The molecule has 0 aromatic carbocycles. The van der Waals surface area contributed by atoms with Gasteiger partial charge in [0.15, 0.2) is 0 Å². The highest BCUT2D eigenvalue weighted by atomic mass is 16.2. The fourth-order valence-corrected chi connectivity index (χ4v) is 0.792. The number of rotatable bonds is 0. The molecule has 16 N–H and O–H groups in total. The average Bonchev–Trinajstić information content (AvgIpc) is 1.83. The molecule has 0 aromatic heterocycles. The first-order valence-corrected chi connectivity index (χ1v) is 2.82. The molecule has 1 fully saturated rings. The second-order valence-electron chi connectivity index (χ2n) is 2.03. The Morgan fingerprint density at radius 1 is 0.529 bits per heavy atom. The van der Waals surface area contributed by atoms with Crippen molar-refractivity contribution >= 4 is 17.3 Å². The smallest absolute Gasteiger partial charge is 0.264 e. The van der Waals surface area contributed by atoms with E-state index in [1.165, 1.54) is 0 Å². The van der Waals surface area contributed by atoms with Crippen molar-refractivity contribution in [2.45, 2.75) is 19.3 Å². The molecule has 0 atom stereocenters. The molecule has 1 saturated carbocycles. The molecule has 17 heavy (non-hydrogen) atoms. The van der Waals surface area contributed by atoms with Gasteiger partial charge in [0, 0.05) is 12.8 Å². The molecule has 0 amide bonds. The van der Waals surface area contributed by atoms with Gasteiger partial charge in [-0.25, -0.2) is 0 Å². The zero-order valence-corrected chi connectivity index (χ0v) is 8.85. The molecule has 0 aliphatic heterocycles. The summed E-state index contributed by atoms with van der Waals surface area (Å²) in [6.45, 7) is 0. The zero-order chi connectivity index (χ0) is 6.85. The summed E-state index contributed by atoms with van der Waals surface area (Å²) in [4.78, 5) is 31.3. The van der Waals surface area contributed by atoms with E-state index in [1.807, 2.05) is 0 Å². The van der Waals surface area contributed by atoms with Gasteiger partial charge >= 0.3 is 0 Å². The quantitative estimate of drug-likeness (QED) is 0.387. The molecule has 0 aromatic rings. The van der Waals surface area contributed by atoms with E-state index in [9.17, 15) is 14.4 Å². The van der Waals surface area contributed by atoms with Crippen LogP contribution < -0.4 is 0 Å². The molecule has 0 saturated heterocycles. The molecular formula is C6H22O11. The average molecular weight is 270 g/mol. The number of carbonyl (C=O) groups excluding carboxylic acids is 3. The lowest BCUT2D eigenvalue weighted by atomic mass is 9.97. The van der Waals surface area contributed by atoms with Crippen molar-refractivity contribution in [1.82, 2.24) is 0 Å². The Hall–Kier alpha value is -1.31. The molecule has 11 nitrogen and oxygen atoms in total. The third-order valence-electron chi connectivity index (χ3n) is 1.31. The Bertz CT molecular complexity index is 170. The molecule has 11 heteroatoms. The highest BCUT2D eigenvalue weighted by Crippen LogP contribution is 2.06. The lowest BCUT2D eigenvalue weighted by molar-refractivity contribution is -0.145. The Morgan fingerprint density at radius 2 is 0.765 bits per heavy atom. The predicted molar refractivity (Wildman–Crippen MR) is 57.8 cm³/mol. The molecule has 0 bridgehead atoms. The van der Waals surface area contributed by atoms with Gasteiger partial charge in [0.1, 0.15) is 0 Å². The maximum Gasteiger partial charge on any atom is 0.264 e. The van der Waals surface area contributed by atoms with E-state index in [2.05, 4.69) is 0 Å². The van der Waals surface area contributed by atoms with Crippen LogP contribution in [-0.4, -0.2) is 61.2 Å². The van der Waals surface area contributed by atoms with Crippen molar-refractivity contribution in [3.8, 4) is 0 Å². The summed E-state index contributed by atoms with van der Waals surface area (Å²) >= 11 is 0. The van der Waals surface area contributed by atoms with Crippen LogP contribution >= 0.6 is 0 Å². The second kappa shape index (κ2) is 24.1. The minimum Gasteiger partial charge on any atom is -0.412 e. The molecule has 1 aliphatic rings. The molecular weight excluding hydrogens is 248 g/mol. The van der Waals surface area contributed by atoms with Crippen LogP contribution in [0.3, 0.4) is 0 Å². The van der Waals surface area contributed by atoms with Crippen LogP contribution in [0.2, 0.25) is 0 Å². The second-order valence-corrected chi connectivity index (χ2v) is 2.03. The summed E-state index contributed by atoms with van der Waals surface area (Å²) in [6.07, 6.45) is 1.05. The molecule has 112 valence electrons. The summed E-state index contributed by atoms with van der Waals surface area (Å²) in [6, 6.07) is 0. The molecule has 0 radical (unpaired) electrons. The summed E-state index contributed by atoms with van der Waals surface area (Å²) < 4.78 is 0. The number of hydrogen-bond acceptors (Lipinski definition) is 3. The number of Topliss-reactive ketones (excluding diaryl/α,β-unsaturated/α-hetero) is 3. The predicted octanol–water partition coefficient (Wildman–Crippen LogP) is -6.72. The normalized spacial score (nSPS) is 10.9. The van der Waals surface area contributed by atoms with E-state index in [1.54, 1.807) is 0 Å². The molecule has 0 spiro atoms. The summed E-state index contributed by atoms with van der Waals surface area (Å²) in [5.41, 5.74) is 0. The Kier molecular flexibility index (Phi) is 81.1. The minimum atomic E-state index is -0.804. The topological polar surface area (TPSA) is 303 Å². The number of carbonyl (C=O) groups is 3. The maximum atomic E-state index is 10.4. The van der Waals surface area contributed by atoms with Gasteiger partial charge in [-0.05, 0) is 6.42 Å². The molecule has 1 rings (SSSR count). The van der Waals surface area contributed by atoms with Crippen LogP contribution in [0, 0.1) is 0 Å². The van der Waals surface area contributed by atoms with Crippen molar-refractivity contribution in [3.63, 3.8) is 0 Å². The number of hydrogen-bond donors (Lipinski definition) is 0. The highest BCUT2D eigenvalue weighted by Gasteiger charge is 2.26. The Balaban J connectivity index is -0.0000000169. The van der Waals surface area contributed by atoms with Crippen molar-refractivity contribution in [3.05, 3.63) is 0 Å². The Morgan fingerprint density at radius 3 is 0.941 bits per heavy atom. The van der Waals surface area contributed by atoms with Crippen LogP contribution in [0.15, 0.2) is 0 Å². The summed E-state index contributed by atoms with van der Waals surface area (Å²) in [5, 5.41) is 0. The van der Waals surface area contributed by atoms with Gasteiger partial charge in [-0.3, -0.25) is 14.4 Å². The standard InChI is InChI=1S/C6H6O3.8H2O/c7-4-2-1-3-5(8)6(4)9;;;;;;;;/h1-3H2;8*1H2. The van der Waals surface area contributed by atoms with Crippen molar-refractivity contribution < 1.29 is 58.2 Å². The lowest BCUT2D eigenvalue weighted by Crippen LogP contribution is -2.27. The first-order valence-electron chi connectivity index (χ1n) is 2.82. The summed E-state index contributed by atoms with van der Waals surface area (Å²) in [7, 11) is 0. The highest BCUT2D eigenvalue weighted by molar-refractivity contribution is 6.64. The van der Waals surface area contributed by atoms with Crippen molar-refractivity contribution in [2.24, 2.45) is 0 Å². The van der Waals surface area contributed by atoms with E-state index in [4.69, 9.17) is 0 Å². The van der Waals surface area contributed by atoms with Crippen LogP contribution in [-0.2, 0) is 14.4 Å². The van der Waals surface area contributed by atoms with Gasteiger partial charge < -0.3 is 43.8 Å². The molecule has 1 aliphatic carbocycles. The molecule has 0 unspecified atom stereocenters. The van der Waals surface area contributed by atoms with Crippen molar-refractivity contribution in [2.75, 3.05) is 0 Å². The fourth-order valence-electron chi connectivity index (χ4n) is 0.792. The first kappa shape index (κ1) is 57.3. The van der Waals surface area contributed by atoms with E-state index in [0.717, 1.165) is 0 Å². The number of ketones is 3. The van der Waals surface area contributed by atoms with E-state index >= 15 is 0 Å². The first-order chi connectivity index (χ1) is 4.22. The minimum absolute atomic E-state index is 0. The van der Waals surface area contributed by atoms with Crippen LogP contribution in [0.4, 0.5) is 0 Å². The van der Waals surface area contributed by atoms with E-state index in [-0.39, 0.29) is 56.7 Å². The monoisotopic (exact) mass is 270 g/mol. The van der Waals surface area contributed by atoms with Gasteiger partial charge in [-0.2, -0.15) is 0 Å². The van der Waals surface area contributed by atoms with Crippen LogP contribution in [0.5, 0.6) is 0 Å². The van der Waals surface area contributed by atoms with Crippen LogP contribution in [0.1, 0.15) is 19.3 Å². The fraction of sp³-hybridized carbons (Fsp3) is 0.500. The van der Waals surface area contributed by atoms with E-state index in [0.29, 0.717) is 6.42 Å². The van der Waals surface area contributed by atoms with Gasteiger partial charge in [0.05, 0.1) is 0 Å². The van der Waals surface area contributed by atoms with Gasteiger partial charge in [0.25, 0.3) is 5.78 Å². The lowest BCUT2D eigenvalue weighted by Gasteiger charge is -2.03. The Labute approximate surface area is 95.9 Å². The van der Waals surface area contributed by atoms with Gasteiger partial charge in [-0.15, -0.1) is 0 Å².